The molecule has 0 aliphatic heterocycles. The van der Waals surface area contributed by atoms with E-state index >= 15 is 0 Å². The average molecular weight is 304 g/mol. The Morgan fingerprint density at radius 3 is 2.59 bits per heavy atom. The molecule has 22 heavy (non-hydrogen) atoms. The monoisotopic (exact) mass is 304 g/mol. The lowest BCUT2D eigenvalue weighted by Crippen LogP contribution is -2.54. The molecular formula is C20H32O2. The fourth-order valence-corrected chi connectivity index (χ4v) is 7.30. The van der Waals surface area contributed by atoms with Gasteiger partial charge in [0, 0.05) is 20.0 Å². The molecule has 0 saturated heterocycles. The van der Waals surface area contributed by atoms with Gasteiger partial charge in [0.15, 0.2) is 0 Å². The Bertz CT molecular complexity index is 472. The Labute approximate surface area is 135 Å². The fourth-order valence-electron chi connectivity index (χ4n) is 7.30. The summed E-state index contributed by atoms with van der Waals surface area (Å²) in [5.41, 5.74) is 0.953. The molecule has 7 atom stereocenters. The highest BCUT2D eigenvalue weighted by Gasteiger charge is 2.60. The van der Waals surface area contributed by atoms with Crippen molar-refractivity contribution >= 4 is 5.78 Å². The summed E-state index contributed by atoms with van der Waals surface area (Å²) in [5, 5.41) is 0. The molecule has 2 nitrogen and oxygen atoms in total. The standard InChI is InChI=1S/C20H32O2/c1-19-9-7-16-15(18(19)17(22-3)8-10-19)5-4-13-12-14(21)6-11-20(13,16)2/h13,15-18H,4-12H2,1-3H3. The van der Waals surface area contributed by atoms with E-state index in [0.29, 0.717) is 28.6 Å². The largest absolute Gasteiger partial charge is 0.381 e. The number of methoxy groups -OCH3 is 1. The van der Waals surface area contributed by atoms with Gasteiger partial charge in [-0.05, 0) is 79.4 Å². The first-order valence-corrected chi connectivity index (χ1v) is 9.52. The molecule has 0 bridgehead atoms. The van der Waals surface area contributed by atoms with Crippen LogP contribution in [0.25, 0.3) is 0 Å². The minimum atomic E-state index is 0.430. The third-order valence-corrected chi connectivity index (χ3v) is 8.56. The zero-order valence-corrected chi connectivity index (χ0v) is 14.6. The first-order valence-electron chi connectivity index (χ1n) is 9.52. The summed E-state index contributed by atoms with van der Waals surface area (Å²) in [6.45, 7) is 5.06. The van der Waals surface area contributed by atoms with Gasteiger partial charge in [0.1, 0.15) is 5.78 Å². The summed E-state index contributed by atoms with van der Waals surface area (Å²) >= 11 is 0. The Balaban J connectivity index is 1.65. The molecule has 0 N–H and O–H groups in total. The number of fused-ring (bicyclic) bond motifs is 5. The Kier molecular flexibility index (Phi) is 3.49. The lowest BCUT2D eigenvalue weighted by atomic mass is 9.45. The predicted octanol–water partition coefficient (Wildman–Crippen LogP) is 4.61. The summed E-state index contributed by atoms with van der Waals surface area (Å²) in [4.78, 5) is 11.9. The molecule has 0 aromatic rings. The Morgan fingerprint density at radius 1 is 1.05 bits per heavy atom. The van der Waals surface area contributed by atoms with Crippen molar-refractivity contribution in [2.45, 2.75) is 77.7 Å². The number of rotatable bonds is 1. The van der Waals surface area contributed by atoms with Crippen molar-refractivity contribution < 1.29 is 9.53 Å². The molecule has 0 amide bonds. The molecule has 0 radical (unpaired) electrons. The smallest absolute Gasteiger partial charge is 0.133 e. The number of carbonyl (C=O) groups is 1. The third kappa shape index (κ3) is 1.98. The zero-order valence-electron chi connectivity index (χ0n) is 14.6. The van der Waals surface area contributed by atoms with Crippen molar-refractivity contribution in [2.24, 2.45) is 34.5 Å². The van der Waals surface area contributed by atoms with E-state index in [1.165, 1.54) is 38.5 Å². The number of carbonyl (C=O) groups excluding carboxylic acids is 1. The Morgan fingerprint density at radius 2 is 1.82 bits per heavy atom. The van der Waals surface area contributed by atoms with Gasteiger partial charge in [-0.15, -0.1) is 0 Å². The molecule has 0 heterocycles. The van der Waals surface area contributed by atoms with Crippen LogP contribution in [0.1, 0.15) is 71.6 Å². The number of hydrogen-bond donors (Lipinski definition) is 0. The van der Waals surface area contributed by atoms with Crippen LogP contribution in [0.4, 0.5) is 0 Å². The molecule has 124 valence electrons. The molecule has 4 aliphatic rings. The van der Waals surface area contributed by atoms with Crippen LogP contribution < -0.4 is 0 Å². The second kappa shape index (κ2) is 5.06. The van der Waals surface area contributed by atoms with E-state index in [2.05, 4.69) is 13.8 Å². The minimum absolute atomic E-state index is 0.430. The molecule has 4 fully saturated rings. The molecule has 0 aromatic carbocycles. The average Bonchev–Trinajstić information content (AvgIpc) is 2.85. The van der Waals surface area contributed by atoms with E-state index < -0.39 is 0 Å². The molecule has 4 rings (SSSR count). The van der Waals surface area contributed by atoms with E-state index in [0.717, 1.165) is 37.0 Å². The quantitative estimate of drug-likeness (QED) is 0.707. The highest BCUT2D eigenvalue weighted by atomic mass is 16.5. The molecule has 0 aromatic heterocycles. The van der Waals surface area contributed by atoms with Crippen LogP contribution in [0.15, 0.2) is 0 Å². The molecule has 4 aliphatic carbocycles. The molecule has 7 unspecified atom stereocenters. The summed E-state index contributed by atoms with van der Waals surface area (Å²) < 4.78 is 5.93. The van der Waals surface area contributed by atoms with E-state index in [9.17, 15) is 4.79 Å². The van der Waals surface area contributed by atoms with Gasteiger partial charge in [-0.25, -0.2) is 0 Å². The zero-order chi connectivity index (χ0) is 15.5. The van der Waals surface area contributed by atoms with Crippen LogP contribution in [-0.4, -0.2) is 19.0 Å². The van der Waals surface area contributed by atoms with Crippen molar-refractivity contribution in [1.29, 1.82) is 0 Å². The van der Waals surface area contributed by atoms with E-state index in [1.54, 1.807) is 0 Å². The van der Waals surface area contributed by atoms with E-state index in [1.807, 2.05) is 7.11 Å². The van der Waals surface area contributed by atoms with E-state index in [4.69, 9.17) is 4.74 Å². The summed E-state index contributed by atoms with van der Waals surface area (Å²) in [7, 11) is 1.92. The van der Waals surface area contributed by atoms with Crippen LogP contribution in [0, 0.1) is 34.5 Å². The lowest BCUT2D eigenvalue weighted by molar-refractivity contribution is -0.144. The van der Waals surface area contributed by atoms with Crippen LogP contribution in [0.2, 0.25) is 0 Å². The van der Waals surface area contributed by atoms with Gasteiger partial charge in [0.25, 0.3) is 0 Å². The maximum Gasteiger partial charge on any atom is 0.133 e. The normalized spacial score (nSPS) is 54.5. The molecule has 0 spiro atoms. The van der Waals surface area contributed by atoms with Crippen molar-refractivity contribution in [2.75, 3.05) is 7.11 Å². The van der Waals surface area contributed by atoms with Gasteiger partial charge in [-0.2, -0.15) is 0 Å². The highest BCUT2D eigenvalue weighted by Crippen LogP contribution is 2.66. The maximum absolute atomic E-state index is 11.9. The van der Waals surface area contributed by atoms with Crippen LogP contribution in [0.5, 0.6) is 0 Å². The summed E-state index contributed by atoms with van der Waals surface area (Å²) in [5.74, 6) is 3.65. The van der Waals surface area contributed by atoms with E-state index in [-0.39, 0.29) is 0 Å². The minimum Gasteiger partial charge on any atom is -0.381 e. The number of ether oxygens (including phenoxy) is 1. The second-order valence-corrected chi connectivity index (χ2v) is 9.32. The number of hydrogen-bond acceptors (Lipinski definition) is 2. The first-order chi connectivity index (χ1) is 10.5. The summed E-state index contributed by atoms with van der Waals surface area (Å²) in [6.07, 6.45) is 11.4. The number of ketones is 1. The van der Waals surface area contributed by atoms with Crippen LogP contribution >= 0.6 is 0 Å². The maximum atomic E-state index is 11.9. The molecule has 4 saturated carbocycles. The predicted molar refractivity (Wildman–Crippen MR) is 87.5 cm³/mol. The van der Waals surface area contributed by atoms with Crippen LogP contribution in [0.3, 0.4) is 0 Å². The molecular weight excluding hydrogens is 272 g/mol. The van der Waals surface area contributed by atoms with Gasteiger partial charge in [0.2, 0.25) is 0 Å². The molecule has 2 heteroatoms. The van der Waals surface area contributed by atoms with Crippen molar-refractivity contribution in [1.82, 2.24) is 0 Å². The van der Waals surface area contributed by atoms with Crippen molar-refractivity contribution in [3.05, 3.63) is 0 Å². The van der Waals surface area contributed by atoms with Gasteiger partial charge in [0.05, 0.1) is 6.10 Å². The lowest BCUT2D eigenvalue weighted by Gasteiger charge is -2.60. The van der Waals surface area contributed by atoms with Gasteiger partial charge >= 0.3 is 0 Å². The SMILES string of the molecule is COC1CCC2(C)CCC3C(CCC4CC(=O)CCC43C)C12. The van der Waals surface area contributed by atoms with Crippen molar-refractivity contribution in [3.8, 4) is 0 Å². The van der Waals surface area contributed by atoms with Gasteiger partial charge in [-0.3, -0.25) is 4.79 Å². The number of Topliss-reactive ketones (excluding diaryl/α,β-unsaturated/α-hetero) is 1. The summed E-state index contributed by atoms with van der Waals surface area (Å²) in [6, 6.07) is 0. The van der Waals surface area contributed by atoms with Gasteiger partial charge < -0.3 is 4.74 Å². The Hall–Kier alpha value is -0.370. The fraction of sp³-hybridized carbons (Fsp3) is 0.950. The van der Waals surface area contributed by atoms with Crippen LogP contribution in [-0.2, 0) is 9.53 Å². The van der Waals surface area contributed by atoms with Gasteiger partial charge in [-0.1, -0.05) is 13.8 Å². The topological polar surface area (TPSA) is 26.3 Å². The van der Waals surface area contributed by atoms with Crippen molar-refractivity contribution in [3.63, 3.8) is 0 Å². The third-order valence-electron chi connectivity index (χ3n) is 8.56. The highest BCUT2D eigenvalue weighted by molar-refractivity contribution is 5.79. The second-order valence-electron chi connectivity index (χ2n) is 9.32. The first kappa shape index (κ1) is 15.2.